The molecule has 5 N–H and O–H groups in total. The maximum absolute atomic E-state index is 13.8. The van der Waals surface area contributed by atoms with E-state index >= 15 is 0 Å². The summed E-state index contributed by atoms with van der Waals surface area (Å²) in [6, 6.07) is 0. The molecule has 0 aromatic heterocycles. The highest BCUT2D eigenvalue weighted by Crippen LogP contribution is 2.42. The van der Waals surface area contributed by atoms with Crippen LogP contribution in [0, 0.1) is 11.8 Å². The standard InChI is InChI=1S/C40H61IO13/c1-21-14-27(7-9-31-22(2)15-26(50-31)6-5-13-42)51-33(23(21)3)19-34-29(38(49-4)35(53-34)18-25(45)20-43)17-24(44)16-28-8-10-32-40(52-28)37(48)36(47)39(54-32)30(46)11-12-41/h11-13,21,25-40,43,45-48H,2-3,5-10,14-20H2,1,4H3/b12-11+/t21?,25?,26?,27?,28-,29?,30?,31+,32?,33?,34+,35-,36+,37-,38-,39?,40?/m1/s1. The number of methoxy groups -OCH3 is 1. The van der Waals surface area contributed by atoms with Crippen LogP contribution in [0.4, 0.5) is 0 Å². The summed E-state index contributed by atoms with van der Waals surface area (Å²) in [5, 5.41) is 52.0. The van der Waals surface area contributed by atoms with Crippen molar-refractivity contribution in [2.45, 2.75) is 176 Å². The van der Waals surface area contributed by atoms with Crippen LogP contribution in [0.1, 0.15) is 84.0 Å². The molecule has 5 fully saturated rings. The van der Waals surface area contributed by atoms with Crippen LogP contribution < -0.4 is 0 Å². The largest absolute Gasteiger partial charge is 0.394 e. The molecule has 0 amide bonds. The highest BCUT2D eigenvalue weighted by atomic mass is 127. The Labute approximate surface area is 332 Å². The first-order valence-corrected chi connectivity index (χ1v) is 20.8. The lowest BCUT2D eigenvalue weighted by Gasteiger charge is -2.47. The third-order valence-corrected chi connectivity index (χ3v) is 12.5. The molecule has 0 bridgehead atoms. The zero-order chi connectivity index (χ0) is 39.1. The Morgan fingerprint density at radius 3 is 2.43 bits per heavy atom. The number of aliphatic hydroxyl groups is 5. The number of fused-ring (bicyclic) bond motifs is 1. The number of hydrogen-bond donors (Lipinski definition) is 5. The predicted molar refractivity (Wildman–Crippen MR) is 206 cm³/mol. The molecule has 0 spiro atoms. The molecule has 14 heteroatoms. The summed E-state index contributed by atoms with van der Waals surface area (Å²) in [7, 11) is 1.56. The van der Waals surface area contributed by atoms with Gasteiger partial charge in [-0.1, -0.05) is 42.7 Å². The van der Waals surface area contributed by atoms with Gasteiger partial charge in [0.2, 0.25) is 0 Å². The summed E-state index contributed by atoms with van der Waals surface area (Å²) in [6.45, 7) is 10.3. The first kappa shape index (κ1) is 44.0. The maximum atomic E-state index is 13.8. The zero-order valence-corrected chi connectivity index (χ0v) is 33.7. The van der Waals surface area contributed by atoms with Crippen molar-refractivity contribution in [2.75, 3.05) is 13.7 Å². The van der Waals surface area contributed by atoms with Crippen LogP contribution in [0.15, 0.2) is 34.5 Å². The van der Waals surface area contributed by atoms with Crippen molar-refractivity contribution in [3.63, 3.8) is 0 Å². The first-order valence-electron chi connectivity index (χ1n) is 19.6. The molecule has 13 nitrogen and oxygen atoms in total. The number of ether oxygens (including phenoxy) is 6. The molecule has 5 aliphatic rings. The predicted octanol–water partition coefficient (Wildman–Crippen LogP) is 3.04. The van der Waals surface area contributed by atoms with Crippen LogP contribution in [-0.4, -0.2) is 143 Å². The molecule has 306 valence electrons. The van der Waals surface area contributed by atoms with Crippen molar-refractivity contribution in [1.29, 1.82) is 0 Å². The Bertz CT molecular complexity index is 1290. The molecule has 0 radical (unpaired) electrons. The molecule has 54 heavy (non-hydrogen) atoms. The molecule has 17 atom stereocenters. The molecule has 5 aliphatic heterocycles. The van der Waals surface area contributed by atoms with E-state index in [0.717, 1.165) is 43.1 Å². The number of aldehydes is 1. The molecule has 5 rings (SSSR count). The second-order valence-corrected chi connectivity index (χ2v) is 16.7. The van der Waals surface area contributed by atoms with E-state index in [-0.39, 0.29) is 61.3 Å². The fraction of sp³-hybridized carbons (Fsp3) is 0.800. The maximum Gasteiger partial charge on any atom is 0.135 e. The van der Waals surface area contributed by atoms with Crippen LogP contribution in [0.25, 0.3) is 0 Å². The third-order valence-electron chi connectivity index (χ3n) is 12.1. The number of carbonyl (C=O) groups is 2. The normalized spacial score (nSPS) is 41.2. The fourth-order valence-corrected chi connectivity index (χ4v) is 9.55. The summed E-state index contributed by atoms with van der Waals surface area (Å²) in [5.74, 6) is -0.258. The van der Waals surface area contributed by atoms with Crippen molar-refractivity contribution in [3.8, 4) is 0 Å². The van der Waals surface area contributed by atoms with Crippen molar-refractivity contribution in [2.24, 2.45) is 11.8 Å². The molecule has 5 heterocycles. The molecular weight excluding hydrogens is 815 g/mol. The first-order chi connectivity index (χ1) is 25.9. The number of halogens is 1. The van der Waals surface area contributed by atoms with Crippen molar-refractivity contribution < 1.29 is 63.5 Å². The van der Waals surface area contributed by atoms with Crippen LogP contribution in [0.3, 0.4) is 0 Å². The lowest BCUT2D eigenvalue weighted by atomic mass is 9.81. The van der Waals surface area contributed by atoms with Gasteiger partial charge in [-0.05, 0) is 72.2 Å². The molecule has 10 unspecified atom stereocenters. The molecule has 0 saturated carbocycles. The number of hydrogen-bond acceptors (Lipinski definition) is 13. The van der Waals surface area contributed by atoms with Gasteiger partial charge in [0.15, 0.2) is 0 Å². The fourth-order valence-electron chi connectivity index (χ4n) is 9.13. The molecule has 0 aliphatic carbocycles. The molecular formula is C40H61IO13. The van der Waals surface area contributed by atoms with Crippen molar-refractivity contribution in [3.05, 3.63) is 34.5 Å². The van der Waals surface area contributed by atoms with Crippen LogP contribution in [0.2, 0.25) is 0 Å². The van der Waals surface area contributed by atoms with Gasteiger partial charge in [0.25, 0.3) is 0 Å². The highest BCUT2D eigenvalue weighted by molar-refractivity contribution is 14.1. The Balaban J connectivity index is 1.21. The van der Waals surface area contributed by atoms with Crippen molar-refractivity contribution >= 4 is 34.7 Å². The minimum atomic E-state index is -1.37. The van der Waals surface area contributed by atoms with E-state index in [2.05, 4.69) is 20.1 Å². The van der Waals surface area contributed by atoms with Gasteiger partial charge in [-0.15, -0.1) is 0 Å². The van der Waals surface area contributed by atoms with E-state index in [1.807, 2.05) is 22.6 Å². The van der Waals surface area contributed by atoms with E-state index in [1.165, 1.54) is 6.08 Å². The lowest BCUT2D eigenvalue weighted by Crippen LogP contribution is -2.63. The lowest BCUT2D eigenvalue weighted by molar-refractivity contribution is -0.273. The Morgan fingerprint density at radius 1 is 0.963 bits per heavy atom. The van der Waals surface area contributed by atoms with E-state index < -0.39 is 73.8 Å². The Morgan fingerprint density at radius 2 is 1.72 bits per heavy atom. The number of rotatable bonds is 18. The Kier molecular flexibility index (Phi) is 16.7. The van der Waals surface area contributed by atoms with Gasteiger partial charge in [0.05, 0.1) is 67.6 Å². The van der Waals surface area contributed by atoms with Gasteiger partial charge in [0.1, 0.15) is 42.6 Å². The second kappa shape index (κ2) is 20.5. The average Bonchev–Trinajstić information content (AvgIpc) is 3.66. The van der Waals surface area contributed by atoms with Crippen LogP contribution >= 0.6 is 22.6 Å². The van der Waals surface area contributed by atoms with Crippen LogP contribution in [0.5, 0.6) is 0 Å². The number of aliphatic hydroxyl groups excluding tert-OH is 5. The highest BCUT2D eigenvalue weighted by Gasteiger charge is 2.51. The van der Waals surface area contributed by atoms with Crippen LogP contribution in [-0.2, 0) is 38.0 Å². The van der Waals surface area contributed by atoms with Gasteiger partial charge >= 0.3 is 0 Å². The minimum absolute atomic E-state index is 0.0229. The van der Waals surface area contributed by atoms with Gasteiger partial charge < -0.3 is 58.7 Å². The number of carbonyl (C=O) groups excluding carboxylic acids is 2. The van der Waals surface area contributed by atoms with Gasteiger partial charge in [-0.25, -0.2) is 0 Å². The van der Waals surface area contributed by atoms with E-state index in [4.69, 9.17) is 28.4 Å². The van der Waals surface area contributed by atoms with Gasteiger partial charge in [0, 0.05) is 45.1 Å². The third kappa shape index (κ3) is 10.9. The van der Waals surface area contributed by atoms with E-state index in [1.54, 1.807) is 11.2 Å². The summed E-state index contributed by atoms with van der Waals surface area (Å²) < 4.78 is 39.1. The van der Waals surface area contributed by atoms with E-state index in [9.17, 15) is 35.1 Å². The summed E-state index contributed by atoms with van der Waals surface area (Å²) >= 11 is 1.96. The zero-order valence-electron chi connectivity index (χ0n) is 31.5. The topological polar surface area (TPSA) is 191 Å². The summed E-state index contributed by atoms with van der Waals surface area (Å²) in [5.41, 5.74) is 2.01. The minimum Gasteiger partial charge on any atom is -0.394 e. The molecule has 5 saturated heterocycles. The van der Waals surface area contributed by atoms with Crippen molar-refractivity contribution in [1.82, 2.24) is 0 Å². The smallest absolute Gasteiger partial charge is 0.135 e. The average molecular weight is 877 g/mol. The summed E-state index contributed by atoms with van der Waals surface area (Å²) in [4.78, 5) is 24.7. The monoisotopic (exact) mass is 876 g/mol. The molecule has 0 aromatic carbocycles. The number of Topliss-reactive ketones (excluding diaryl/α,β-unsaturated/α-hetero) is 1. The van der Waals surface area contributed by atoms with Gasteiger partial charge in [-0.2, -0.15) is 0 Å². The van der Waals surface area contributed by atoms with E-state index in [0.29, 0.717) is 32.1 Å². The second-order valence-electron chi connectivity index (χ2n) is 16.0. The Hall–Kier alpha value is -1.15. The molecule has 0 aromatic rings. The SMILES string of the molecule is C=C1C(C)CC(CC[C@@H]2OC(CCC=O)CC2=C)OC1C[C@@H]1O[C@H](CC(O)CO)[C@H](OC)C1CC(=O)C[C@H]1CCC2OC(C(O)/C=C/I)[C@@H](O)[C@@H](O)C2O1. The summed E-state index contributed by atoms with van der Waals surface area (Å²) in [6.07, 6.45) is -1.14. The number of ketones is 1. The quantitative estimate of drug-likeness (QED) is 0.0769. The van der Waals surface area contributed by atoms with Gasteiger partial charge in [-0.3, -0.25) is 4.79 Å².